The number of rotatable bonds is 6. The largest absolute Gasteiger partial charge is 0.379 e. The molecule has 1 aliphatic rings. The summed E-state index contributed by atoms with van der Waals surface area (Å²) >= 11 is 0. The van der Waals surface area contributed by atoms with E-state index in [0.717, 1.165) is 24.7 Å². The van der Waals surface area contributed by atoms with Crippen molar-refractivity contribution >= 4 is 10.0 Å². The van der Waals surface area contributed by atoms with E-state index in [1.54, 1.807) is 6.92 Å². The van der Waals surface area contributed by atoms with E-state index >= 15 is 0 Å². The van der Waals surface area contributed by atoms with Crippen LogP contribution in [0.5, 0.6) is 0 Å². The van der Waals surface area contributed by atoms with Crippen LogP contribution in [0.4, 0.5) is 4.39 Å². The van der Waals surface area contributed by atoms with Gasteiger partial charge in [0, 0.05) is 25.7 Å². The highest BCUT2D eigenvalue weighted by Gasteiger charge is 2.25. The third-order valence-electron chi connectivity index (χ3n) is 4.56. The van der Waals surface area contributed by atoms with Crippen molar-refractivity contribution in [3.63, 3.8) is 0 Å². The molecule has 1 saturated heterocycles. The summed E-state index contributed by atoms with van der Waals surface area (Å²) in [6, 6.07) is 13.4. The molecule has 7 heteroatoms. The van der Waals surface area contributed by atoms with Gasteiger partial charge in [-0.25, -0.2) is 17.5 Å². The number of benzene rings is 2. The summed E-state index contributed by atoms with van der Waals surface area (Å²) in [5, 5.41) is 0. The van der Waals surface area contributed by atoms with Crippen LogP contribution < -0.4 is 4.72 Å². The number of ether oxygens (including phenoxy) is 1. The minimum Gasteiger partial charge on any atom is -0.379 e. The monoisotopic (exact) mass is 378 g/mol. The molecule has 1 fully saturated rings. The molecule has 1 atom stereocenters. The van der Waals surface area contributed by atoms with Gasteiger partial charge in [-0.2, -0.15) is 0 Å². The Balaban J connectivity index is 1.80. The van der Waals surface area contributed by atoms with Crippen LogP contribution in [0.3, 0.4) is 0 Å². The van der Waals surface area contributed by atoms with E-state index in [-0.39, 0.29) is 17.5 Å². The van der Waals surface area contributed by atoms with Crippen molar-refractivity contribution in [1.82, 2.24) is 9.62 Å². The van der Waals surface area contributed by atoms with Gasteiger partial charge in [0.15, 0.2) is 0 Å². The van der Waals surface area contributed by atoms with E-state index in [1.807, 2.05) is 30.3 Å². The third-order valence-corrected chi connectivity index (χ3v) is 6.15. The van der Waals surface area contributed by atoms with E-state index in [4.69, 9.17) is 4.74 Å². The van der Waals surface area contributed by atoms with E-state index in [2.05, 4.69) is 9.62 Å². The summed E-state index contributed by atoms with van der Waals surface area (Å²) in [6.45, 7) is 4.59. The Morgan fingerprint density at radius 1 is 1.15 bits per heavy atom. The fourth-order valence-electron chi connectivity index (χ4n) is 3.20. The number of hydrogen-bond acceptors (Lipinski definition) is 4. The van der Waals surface area contributed by atoms with Crippen molar-refractivity contribution in [2.75, 3.05) is 32.8 Å². The standard InChI is InChI=1S/C19H23FN2O3S/c1-15-13-17(20)7-8-19(15)26(23,24)21-14-18(16-5-3-2-4-6-16)22-9-11-25-12-10-22/h2-8,13,18,21H,9-12,14H2,1H3. The van der Waals surface area contributed by atoms with Crippen molar-refractivity contribution in [1.29, 1.82) is 0 Å². The Kier molecular flexibility index (Phi) is 6.03. The van der Waals surface area contributed by atoms with Gasteiger partial charge in [0.1, 0.15) is 5.82 Å². The zero-order valence-corrected chi connectivity index (χ0v) is 15.5. The van der Waals surface area contributed by atoms with Crippen molar-refractivity contribution in [3.8, 4) is 0 Å². The average molecular weight is 378 g/mol. The number of halogens is 1. The van der Waals surface area contributed by atoms with Gasteiger partial charge >= 0.3 is 0 Å². The summed E-state index contributed by atoms with van der Waals surface area (Å²) in [4.78, 5) is 2.33. The Morgan fingerprint density at radius 3 is 2.50 bits per heavy atom. The van der Waals surface area contributed by atoms with Crippen LogP contribution in [-0.2, 0) is 14.8 Å². The predicted molar refractivity (Wildman–Crippen MR) is 97.9 cm³/mol. The molecular weight excluding hydrogens is 355 g/mol. The first kappa shape index (κ1) is 19.0. The highest BCUT2D eigenvalue weighted by molar-refractivity contribution is 7.89. The second kappa shape index (κ2) is 8.26. The second-order valence-electron chi connectivity index (χ2n) is 6.34. The summed E-state index contributed by atoms with van der Waals surface area (Å²) < 4.78 is 46.8. The zero-order chi connectivity index (χ0) is 18.6. The Hall–Kier alpha value is -1.80. The molecule has 1 N–H and O–H groups in total. The van der Waals surface area contributed by atoms with Gasteiger partial charge in [-0.05, 0) is 36.2 Å². The van der Waals surface area contributed by atoms with Crippen LogP contribution in [-0.4, -0.2) is 46.2 Å². The number of nitrogens with zero attached hydrogens (tertiary/aromatic N) is 1. The third kappa shape index (κ3) is 4.48. The summed E-state index contributed by atoms with van der Waals surface area (Å²) in [5.41, 5.74) is 1.44. The molecule has 0 spiro atoms. The van der Waals surface area contributed by atoms with Crippen LogP contribution in [0.25, 0.3) is 0 Å². The van der Waals surface area contributed by atoms with Crippen LogP contribution >= 0.6 is 0 Å². The molecule has 2 aromatic rings. The van der Waals surface area contributed by atoms with Crippen LogP contribution in [0.15, 0.2) is 53.4 Å². The van der Waals surface area contributed by atoms with Gasteiger partial charge in [0.05, 0.1) is 18.1 Å². The van der Waals surface area contributed by atoms with Crippen molar-refractivity contribution in [2.45, 2.75) is 17.9 Å². The summed E-state index contributed by atoms with van der Waals surface area (Å²) in [5.74, 6) is -0.447. The maximum absolute atomic E-state index is 13.3. The van der Waals surface area contributed by atoms with Gasteiger partial charge in [0.2, 0.25) is 10.0 Å². The summed E-state index contributed by atoms with van der Waals surface area (Å²) in [7, 11) is -3.72. The average Bonchev–Trinajstić information content (AvgIpc) is 2.63. The molecule has 2 aromatic carbocycles. The summed E-state index contributed by atoms with van der Waals surface area (Å²) in [6.07, 6.45) is 0. The lowest BCUT2D eigenvalue weighted by molar-refractivity contribution is 0.0172. The van der Waals surface area contributed by atoms with E-state index < -0.39 is 15.8 Å². The quantitative estimate of drug-likeness (QED) is 0.839. The maximum Gasteiger partial charge on any atom is 0.240 e. The molecule has 3 rings (SSSR count). The predicted octanol–water partition coefficient (Wildman–Crippen LogP) is 2.49. The minimum atomic E-state index is -3.72. The van der Waals surface area contributed by atoms with Crippen LogP contribution in [0.1, 0.15) is 17.2 Å². The lowest BCUT2D eigenvalue weighted by Gasteiger charge is -2.34. The molecule has 1 heterocycles. The first-order valence-corrected chi connectivity index (χ1v) is 10.1. The molecule has 0 bridgehead atoms. The molecule has 140 valence electrons. The molecule has 0 saturated carbocycles. The Labute approximate surface area is 153 Å². The molecule has 0 aliphatic carbocycles. The Morgan fingerprint density at radius 2 is 1.85 bits per heavy atom. The smallest absolute Gasteiger partial charge is 0.240 e. The van der Waals surface area contributed by atoms with Gasteiger partial charge in [-0.3, -0.25) is 4.90 Å². The molecule has 26 heavy (non-hydrogen) atoms. The first-order valence-electron chi connectivity index (χ1n) is 8.60. The van der Waals surface area contributed by atoms with Gasteiger partial charge in [0.25, 0.3) is 0 Å². The lowest BCUT2D eigenvalue weighted by atomic mass is 10.1. The van der Waals surface area contributed by atoms with E-state index in [9.17, 15) is 12.8 Å². The fraction of sp³-hybridized carbons (Fsp3) is 0.368. The number of aryl methyl sites for hydroxylation is 1. The SMILES string of the molecule is Cc1cc(F)ccc1S(=O)(=O)NCC(c1ccccc1)N1CCOCC1. The zero-order valence-electron chi connectivity index (χ0n) is 14.7. The normalized spacial score (nSPS) is 17.2. The molecule has 0 amide bonds. The maximum atomic E-state index is 13.3. The number of hydrogen-bond donors (Lipinski definition) is 1. The highest BCUT2D eigenvalue weighted by Crippen LogP contribution is 2.23. The van der Waals surface area contributed by atoms with E-state index in [1.165, 1.54) is 12.1 Å². The first-order chi connectivity index (χ1) is 12.5. The highest BCUT2D eigenvalue weighted by atomic mass is 32.2. The molecule has 1 unspecified atom stereocenters. The van der Waals surface area contributed by atoms with E-state index in [0.29, 0.717) is 18.8 Å². The topological polar surface area (TPSA) is 58.6 Å². The fourth-order valence-corrected chi connectivity index (χ4v) is 4.47. The number of nitrogens with one attached hydrogen (secondary N) is 1. The second-order valence-corrected chi connectivity index (χ2v) is 8.07. The van der Waals surface area contributed by atoms with Crippen molar-refractivity contribution in [3.05, 3.63) is 65.5 Å². The molecule has 0 aromatic heterocycles. The number of sulfonamides is 1. The Bertz CT molecular complexity index is 837. The van der Waals surface area contributed by atoms with Crippen molar-refractivity contribution in [2.24, 2.45) is 0 Å². The molecule has 0 radical (unpaired) electrons. The molecular formula is C19H23FN2O3S. The number of morpholine rings is 1. The van der Waals surface area contributed by atoms with Crippen molar-refractivity contribution < 1.29 is 17.5 Å². The van der Waals surface area contributed by atoms with Gasteiger partial charge in [-0.1, -0.05) is 30.3 Å². The van der Waals surface area contributed by atoms with Gasteiger partial charge in [-0.15, -0.1) is 0 Å². The molecule has 5 nitrogen and oxygen atoms in total. The van der Waals surface area contributed by atoms with Crippen LogP contribution in [0.2, 0.25) is 0 Å². The minimum absolute atomic E-state index is 0.0874. The van der Waals surface area contributed by atoms with Crippen LogP contribution in [0, 0.1) is 12.7 Å². The lowest BCUT2D eigenvalue weighted by Crippen LogP contribution is -2.43. The molecule has 1 aliphatic heterocycles. The van der Waals surface area contributed by atoms with Gasteiger partial charge < -0.3 is 4.74 Å².